The average Bonchev–Trinajstić information content (AvgIpc) is 2.87. The summed E-state index contributed by atoms with van der Waals surface area (Å²) in [5, 5.41) is 9.59. The zero-order valence-electron chi connectivity index (χ0n) is 10.6. The highest BCUT2D eigenvalue weighted by atomic mass is 35.5. The van der Waals surface area contributed by atoms with E-state index in [0.29, 0.717) is 23.2 Å². The second-order valence-corrected chi connectivity index (χ2v) is 4.82. The molecule has 0 amide bonds. The second-order valence-electron chi connectivity index (χ2n) is 4.42. The molecular weight excluding hydrogens is 276 g/mol. The van der Waals surface area contributed by atoms with Crippen molar-refractivity contribution >= 4 is 22.6 Å². The van der Waals surface area contributed by atoms with Crippen LogP contribution in [0.5, 0.6) is 5.75 Å². The number of aliphatic hydroxyl groups is 1. The summed E-state index contributed by atoms with van der Waals surface area (Å²) in [6, 6.07) is 13.4. The molecule has 0 saturated heterocycles. The van der Waals surface area contributed by atoms with Crippen molar-refractivity contribution in [3.05, 3.63) is 58.9 Å². The first-order valence-electron chi connectivity index (χ1n) is 6.22. The molecule has 0 unspecified atom stereocenters. The Morgan fingerprint density at radius 3 is 2.75 bits per heavy atom. The summed E-state index contributed by atoms with van der Waals surface area (Å²) < 4.78 is 5.73. The predicted octanol–water partition coefficient (Wildman–Crippen LogP) is 3.29. The molecule has 1 heterocycles. The van der Waals surface area contributed by atoms with Crippen molar-refractivity contribution in [1.82, 2.24) is 9.97 Å². The number of hydrogen-bond acceptors (Lipinski definition) is 3. The Labute approximate surface area is 121 Å². The van der Waals surface area contributed by atoms with E-state index in [-0.39, 0.29) is 6.61 Å². The van der Waals surface area contributed by atoms with Gasteiger partial charge in [0.2, 0.25) is 0 Å². The molecule has 0 aliphatic rings. The molecule has 0 aliphatic carbocycles. The molecule has 0 spiro atoms. The zero-order chi connectivity index (χ0) is 13.9. The molecule has 2 aromatic carbocycles. The van der Waals surface area contributed by atoms with Crippen LogP contribution in [0.3, 0.4) is 0 Å². The van der Waals surface area contributed by atoms with Gasteiger partial charge in [-0.05, 0) is 11.6 Å². The summed E-state index contributed by atoms with van der Waals surface area (Å²) in [5.74, 6) is 1.09. The number of fused-ring (bicyclic) bond motifs is 1. The summed E-state index contributed by atoms with van der Waals surface area (Å²) >= 11 is 6.19. The molecule has 0 fully saturated rings. The molecule has 5 heteroatoms. The number of imidazole rings is 1. The number of hydrogen-bond donors (Lipinski definition) is 2. The lowest BCUT2D eigenvalue weighted by Gasteiger charge is -2.08. The first-order chi connectivity index (χ1) is 9.76. The lowest BCUT2D eigenvalue weighted by molar-refractivity contribution is 0.273. The zero-order valence-corrected chi connectivity index (χ0v) is 11.4. The van der Waals surface area contributed by atoms with Crippen molar-refractivity contribution in [2.75, 3.05) is 0 Å². The molecule has 0 aliphatic heterocycles. The van der Waals surface area contributed by atoms with E-state index in [1.165, 1.54) is 0 Å². The minimum atomic E-state index is -0.132. The highest BCUT2D eigenvalue weighted by Crippen LogP contribution is 2.29. The van der Waals surface area contributed by atoms with Crippen LogP contribution in [0, 0.1) is 0 Å². The highest BCUT2D eigenvalue weighted by molar-refractivity contribution is 6.32. The van der Waals surface area contributed by atoms with Crippen LogP contribution in [0.2, 0.25) is 5.02 Å². The summed E-state index contributed by atoms with van der Waals surface area (Å²) in [6.07, 6.45) is 0. The van der Waals surface area contributed by atoms with E-state index in [2.05, 4.69) is 9.97 Å². The molecule has 4 nitrogen and oxygen atoms in total. The highest BCUT2D eigenvalue weighted by Gasteiger charge is 2.08. The quantitative estimate of drug-likeness (QED) is 0.774. The van der Waals surface area contributed by atoms with Gasteiger partial charge in [-0.3, -0.25) is 0 Å². The minimum Gasteiger partial charge on any atom is -0.487 e. The summed E-state index contributed by atoms with van der Waals surface area (Å²) in [4.78, 5) is 7.23. The number of nitrogens with one attached hydrogen (secondary N) is 1. The average molecular weight is 289 g/mol. The van der Waals surface area contributed by atoms with Crippen molar-refractivity contribution in [2.45, 2.75) is 13.2 Å². The summed E-state index contributed by atoms with van der Waals surface area (Å²) in [7, 11) is 0. The molecule has 0 bridgehead atoms. The fourth-order valence-electron chi connectivity index (χ4n) is 1.98. The van der Waals surface area contributed by atoms with Gasteiger partial charge in [0.15, 0.2) is 0 Å². The molecule has 1 aromatic heterocycles. The molecule has 0 atom stereocenters. The number of aromatic amines is 1. The summed E-state index contributed by atoms with van der Waals surface area (Å²) in [6.45, 7) is 0.315. The van der Waals surface area contributed by atoms with Crippen molar-refractivity contribution in [3.63, 3.8) is 0 Å². The smallest absolute Gasteiger partial charge is 0.140 e. The van der Waals surface area contributed by atoms with Gasteiger partial charge in [0.05, 0.1) is 16.1 Å². The van der Waals surface area contributed by atoms with Gasteiger partial charge in [0.25, 0.3) is 0 Å². The van der Waals surface area contributed by atoms with Crippen molar-refractivity contribution < 1.29 is 9.84 Å². The number of H-pyrrole nitrogens is 1. The fourth-order valence-corrected chi connectivity index (χ4v) is 2.20. The van der Waals surface area contributed by atoms with Crippen LogP contribution in [0.4, 0.5) is 0 Å². The van der Waals surface area contributed by atoms with Gasteiger partial charge in [0.1, 0.15) is 24.8 Å². The Bertz CT molecular complexity index is 725. The van der Waals surface area contributed by atoms with E-state index >= 15 is 0 Å². The largest absolute Gasteiger partial charge is 0.487 e. The van der Waals surface area contributed by atoms with Crippen LogP contribution in [-0.4, -0.2) is 15.1 Å². The fraction of sp³-hybridized carbons (Fsp3) is 0.133. The van der Waals surface area contributed by atoms with Gasteiger partial charge in [-0.2, -0.15) is 0 Å². The number of aromatic nitrogens is 2. The Morgan fingerprint density at radius 2 is 2.00 bits per heavy atom. The number of nitrogens with zero attached hydrogens (tertiary/aromatic N) is 1. The third kappa shape index (κ3) is 2.61. The normalized spacial score (nSPS) is 10.9. The molecule has 0 saturated carbocycles. The van der Waals surface area contributed by atoms with Crippen LogP contribution in [0.25, 0.3) is 11.0 Å². The van der Waals surface area contributed by atoms with Gasteiger partial charge < -0.3 is 14.8 Å². The molecular formula is C15H13ClN2O2. The van der Waals surface area contributed by atoms with Gasteiger partial charge >= 0.3 is 0 Å². The molecule has 2 N–H and O–H groups in total. The molecule has 102 valence electrons. The first kappa shape index (κ1) is 13.0. The SMILES string of the molecule is OCc1nc2cc(OCc3ccccc3)c(Cl)cc2[nH]1. The number of aliphatic hydroxyl groups excluding tert-OH is 1. The van der Waals surface area contributed by atoms with Gasteiger partial charge in [-0.15, -0.1) is 0 Å². The maximum Gasteiger partial charge on any atom is 0.140 e. The van der Waals surface area contributed by atoms with Crippen molar-refractivity contribution in [1.29, 1.82) is 0 Å². The van der Waals surface area contributed by atoms with E-state index in [1.807, 2.05) is 30.3 Å². The van der Waals surface area contributed by atoms with E-state index in [1.54, 1.807) is 12.1 Å². The van der Waals surface area contributed by atoms with Crippen molar-refractivity contribution in [2.24, 2.45) is 0 Å². The molecule has 3 rings (SSSR count). The monoisotopic (exact) mass is 288 g/mol. The van der Waals surface area contributed by atoms with Crippen LogP contribution in [0.15, 0.2) is 42.5 Å². The number of benzene rings is 2. The van der Waals surface area contributed by atoms with Crippen molar-refractivity contribution in [3.8, 4) is 5.75 Å². The third-order valence-corrected chi connectivity index (χ3v) is 3.27. The van der Waals surface area contributed by atoms with Crippen LogP contribution in [-0.2, 0) is 13.2 Å². The maximum absolute atomic E-state index is 9.07. The molecule has 0 radical (unpaired) electrons. The lowest BCUT2D eigenvalue weighted by Crippen LogP contribution is -1.95. The predicted molar refractivity (Wildman–Crippen MR) is 77.8 cm³/mol. The standard InChI is InChI=1S/C15H13ClN2O2/c16-11-6-12-13(18-15(8-19)17-12)7-14(11)20-9-10-4-2-1-3-5-10/h1-7,19H,8-9H2,(H,17,18). The number of halogens is 1. The van der Waals surface area contributed by atoms with Gasteiger partial charge in [0, 0.05) is 6.07 Å². The molecule has 3 aromatic rings. The van der Waals surface area contributed by atoms with E-state index in [4.69, 9.17) is 21.4 Å². The number of ether oxygens (including phenoxy) is 1. The van der Waals surface area contributed by atoms with Gasteiger partial charge in [-0.25, -0.2) is 4.98 Å². The first-order valence-corrected chi connectivity index (χ1v) is 6.60. The topological polar surface area (TPSA) is 58.1 Å². The Kier molecular flexibility index (Phi) is 3.58. The maximum atomic E-state index is 9.07. The van der Waals surface area contributed by atoms with E-state index in [0.717, 1.165) is 16.6 Å². The minimum absolute atomic E-state index is 0.132. The van der Waals surface area contributed by atoms with Crippen LogP contribution in [0.1, 0.15) is 11.4 Å². The Morgan fingerprint density at radius 1 is 1.20 bits per heavy atom. The van der Waals surface area contributed by atoms with E-state index < -0.39 is 0 Å². The third-order valence-electron chi connectivity index (χ3n) is 2.97. The van der Waals surface area contributed by atoms with Gasteiger partial charge in [-0.1, -0.05) is 41.9 Å². The van der Waals surface area contributed by atoms with E-state index in [9.17, 15) is 0 Å². The Balaban J connectivity index is 1.85. The molecule has 20 heavy (non-hydrogen) atoms. The number of rotatable bonds is 4. The Hall–Kier alpha value is -2.04. The van der Waals surface area contributed by atoms with Crippen LogP contribution >= 0.6 is 11.6 Å². The second kappa shape index (κ2) is 5.53. The summed E-state index contributed by atoms with van der Waals surface area (Å²) in [5.41, 5.74) is 2.58. The lowest BCUT2D eigenvalue weighted by atomic mass is 10.2. The van der Waals surface area contributed by atoms with Crippen LogP contribution < -0.4 is 4.74 Å².